The van der Waals surface area contributed by atoms with Crippen LogP contribution in [0.5, 0.6) is 0 Å². The largest absolute Gasteiger partial charge is 0.340 e. The van der Waals surface area contributed by atoms with E-state index in [1.165, 1.54) is 0 Å². The number of benzene rings is 1. The molecule has 0 amide bonds. The molecule has 74 valence electrons. The van der Waals surface area contributed by atoms with Gasteiger partial charge >= 0.3 is 0 Å². The fraction of sp³-hybridized carbons (Fsp3) is 0.417. The first-order chi connectivity index (χ1) is 6.59. The predicted octanol–water partition coefficient (Wildman–Crippen LogP) is 2.95. The average Bonchev–Trinajstić information content (AvgIpc) is 2.43. The van der Waals surface area contributed by atoms with Crippen molar-refractivity contribution in [2.75, 3.05) is 0 Å². The summed E-state index contributed by atoms with van der Waals surface area (Å²) in [5.41, 5.74) is 1.96. The summed E-state index contributed by atoms with van der Waals surface area (Å²) in [6.45, 7) is 6.12. The van der Waals surface area contributed by atoms with E-state index in [4.69, 9.17) is 4.74 Å². The molecule has 14 heavy (non-hydrogen) atoms. The second kappa shape index (κ2) is 3.21. The van der Waals surface area contributed by atoms with Crippen LogP contribution in [0.4, 0.5) is 0 Å². The average molecular weight is 189 g/mol. The van der Waals surface area contributed by atoms with Gasteiger partial charge in [0.2, 0.25) is 0 Å². The predicted molar refractivity (Wildman–Crippen MR) is 57.5 cm³/mol. The molecule has 2 rings (SSSR count). The lowest BCUT2D eigenvalue weighted by Gasteiger charge is -2.19. The molecule has 1 aliphatic rings. The van der Waals surface area contributed by atoms with Gasteiger partial charge in [0.1, 0.15) is 5.60 Å². The van der Waals surface area contributed by atoms with Gasteiger partial charge < -0.3 is 4.74 Å². The quantitative estimate of drug-likeness (QED) is 0.665. The van der Waals surface area contributed by atoms with Crippen LogP contribution in [-0.2, 0) is 4.74 Å². The summed E-state index contributed by atoms with van der Waals surface area (Å²) in [5, 5.41) is 0. The highest BCUT2D eigenvalue weighted by molar-refractivity contribution is 5.91. The Hall–Kier alpha value is -1.15. The van der Waals surface area contributed by atoms with Gasteiger partial charge in [0.15, 0.2) is 6.23 Å². The van der Waals surface area contributed by atoms with Crippen LogP contribution >= 0.6 is 0 Å². The Labute approximate surface area is 84.6 Å². The Morgan fingerprint density at radius 1 is 1.21 bits per heavy atom. The molecule has 0 spiro atoms. The van der Waals surface area contributed by atoms with Crippen molar-refractivity contribution >= 4 is 5.71 Å². The Kier molecular flexibility index (Phi) is 2.16. The van der Waals surface area contributed by atoms with Gasteiger partial charge in [-0.1, -0.05) is 30.3 Å². The van der Waals surface area contributed by atoms with Crippen molar-refractivity contribution in [3.63, 3.8) is 0 Å². The molecule has 0 saturated heterocycles. The van der Waals surface area contributed by atoms with E-state index < -0.39 is 0 Å². The van der Waals surface area contributed by atoms with Gasteiger partial charge in [0.05, 0.1) is 0 Å². The Bertz CT molecular complexity index is 354. The summed E-state index contributed by atoms with van der Waals surface area (Å²) < 4.78 is 5.84. The maximum absolute atomic E-state index is 5.84. The minimum Gasteiger partial charge on any atom is -0.340 e. The number of hydrogen-bond acceptors (Lipinski definition) is 2. The lowest BCUT2D eigenvalue weighted by Crippen LogP contribution is -2.27. The van der Waals surface area contributed by atoms with Crippen molar-refractivity contribution in [3.05, 3.63) is 35.9 Å². The summed E-state index contributed by atoms with van der Waals surface area (Å²) in [4.78, 5) is 4.51. The molecule has 1 atom stereocenters. The molecule has 0 bridgehead atoms. The van der Waals surface area contributed by atoms with E-state index in [-0.39, 0.29) is 11.8 Å². The zero-order valence-corrected chi connectivity index (χ0v) is 8.82. The van der Waals surface area contributed by atoms with Crippen LogP contribution in [0.25, 0.3) is 0 Å². The molecule has 0 saturated carbocycles. The smallest absolute Gasteiger partial charge is 0.175 e. The van der Waals surface area contributed by atoms with Crippen molar-refractivity contribution < 1.29 is 4.74 Å². The van der Waals surface area contributed by atoms with Crippen LogP contribution in [0.3, 0.4) is 0 Å². The molecular formula is C12H15NO. The molecule has 0 aromatic heterocycles. The number of ether oxygens (including phenoxy) is 1. The molecule has 2 heteroatoms. The van der Waals surface area contributed by atoms with E-state index in [9.17, 15) is 0 Å². The van der Waals surface area contributed by atoms with Gasteiger partial charge in [0, 0.05) is 11.3 Å². The van der Waals surface area contributed by atoms with Crippen molar-refractivity contribution in [2.24, 2.45) is 4.99 Å². The summed E-state index contributed by atoms with van der Waals surface area (Å²) in [5.74, 6) is 0. The molecule has 1 aromatic carbocycles. The van der Waals surface area contributed by atoms with Crippen LogP contribution in [0.1, 0.15) is 32.6 Å². The molecule has 0 aliphatic carbocycles. The highest BCUT2D eigenvalue weighted by Gasteiger charge is 2.33. The minimum absolute atomic E-state index is 0.119. The SMILES string of the molecule is CC1=NC(c2ccccc2)OC1(C)C. The van der Waals surface area contributed by atoms with Crippen LogP contribution in [0.15, 0.2) is 35.3 Å². The molecule has 1 heterocycles. The van der Waals surface area contributed by atoms with Crippen molar-refractivity contribution in [1.29, 1.82) is 0 Å². The first-order valence-electron chi connectivity index (χ1n) is 4.87. The normalized spacial score (nSPS) is 24.8. The number of hydrogen-bond donors (Lipinski definition) is 0. The molecule has 1 aromatic rings. The molecule has 1 unspecified atom stereocenters. The fourth-order valence-electron chi connectivity index (χ4n) is 1.48. The lowest BCUT2D eigenvalue weighted by atomic mass is 10.1. The summed E-state index contributed by atoms with van der Waals surface area (Å²) >= 11 is 0. The van der Waals surface area contributed by atoms with E-state index >= 15 is 0 Å². The third-order valence-corrected chi connectivity index (χ3v) is 2.67. The molecule has 0 fully saturated rings. The van der Waals surface area contributed by atoms with E-state index in [0.29, 0.717) is 0 Å². The maximum Gasteiger partial charge on any atom is 0.175 e. The minimum atomic E-state index is -0.222. The topological polar surface area (TPSA) is 21.6 Å². The lowest BCUT2D eigenvalue weighted by molar-refractivity contribution is -0.00351. The zero-order valence-electron chi connectivity index (χ0n) is 8.82. The van der Waals surface area contributed by atoms with Gasteiger partial charge in [-0.15, -0.1) is 0 Å². The van der Waals surface area contributed by atoms with Crippen LogP contribution in [-0.4, -0.2) is 11.3 Å². The highest BCUT2D eigenvalue weighted by atomic mass is 16.5. The Morgan fingerprint density at radius 2 is 1.86 bits per heavy atom. The summed E-state index contributed by atoms with van der Waals surface area (Å²) in [6.07, 6.45) is -0.119. The highest BCUT2D eigenvalue weighted by Crippen LogP contribution is 2.32. The second-order valence-electron chi connectivity index (χ2n) is 4.11. The van der Waals surface area contributed by atoms with Crippen molar-refractivity contribution in [2.45, 2.75) is 32.6 Å². The van der Waals surface area contributed by atoms with Gasteiger partial charge in [-0.3, -0.25) is 4.99 Å². The Morgan fingerprint density at radius 3 is 2.36 bits per heavy atom. The van der Waals surface area contributed by atoms with Gasteiger partial charge in [-0.05, 0) is 20.8 Å². The molecular weight excluding hydrogens is 174 g/mol. The summed E-state index contributed by atoms with van der Waals surface area (Å²) in [7, 11) is 0. The van der Waals surface area contributed by atoms with E-state index in [2.05, 4.69) is 18.8 Å². The number of nitrogens with zero attached hydrogens (tertiary/aromatic N) is 1. The first-order valence-corrected chi connectivity index (χ1v) is 4.87. The number of aliphatic imine (C=N–C) groups is 1. The number of rotatable bonds is 1. The van der Waals surface area contributed by atoms with E-state index in [1.807, 2.05) is 37.3 Å². The maximum atomic E-state index is 5.84. The van der Waals surface area contributed by atoms with Gasteiger partial charge in [-0.2, -0.15) is 0 Å². The van der Waals surface area contributed by atoms with Crippen molar-refractivity contribution in [1.82, 2.24) is 0 Å². The zero-order chi connectivity index (χ0) is 10.2. The first kappa shape index (κ1) is 9.41. The summed E-state index contributed by atoms with van der Waals surface area (Å²) in [6, 6.07) is 10.1. The van der Waals surface area contributed by atoms with Gasteiger partial charge in [0.25, 0.3) is 0 Å². The molecule has 0 N–H and O–H groups in total. The van der Waals surface area contributed by atoms with Crippen LogP contribution in [0, 0.1) is 0 Å². The molecule has 2 nitrogen and oxygen atoms in total. The molecule has 0 radical (unpaired) electrons. The second-order valence-corrected chi connectivity index (χ2v) is 4.11. The standard InChI is InChI=1S/C12H15NO/c1-9-12(2,3)14-11(13-9)10-7-5-4-6-8-10/h4-8,11H,1-3H3. The third kappa shape index (κ3) is 1.58. The van der Waals surface area contributed by atoms with E-state index in [1.54, 1.807) is 0 Å². The molecule has 1 aliphatic heterocycles. The fourth-order valence-corrected chi connectivity index (χ4v) is 1.48. The van der Waals surface area contributed by atoms with Crippen LogP contribution in [0.2, 0.25) is 0 Å². The monoisotopic (exact) mass is 189 g/mol. The van der Waals surface area contributed by atoms with Crippen LogP contribution < -0.4 is 0 Å². The third-order valence-electron chi connectivity index (χ3n) is 2.67. The van der Waals surface area contributed by atoms with Gasteiger partial charge in [-0.25, -0.2) is 0 Å². The van der Waals surface area contributed by atoms with Crippen molar-refractivity contribution in [3.8, 4) is 0 Å². The Balaban J connectivity index is 2.26. The van der Waals surface area contributed by atoms with E-state index in [0.717, 1.165) is 11.3 Å².